The van der Waals surface area contributed by atoms with Crippen LogP contribution in [0.25, 0.3) is 0 Å². The number of nitrogens with zero attached hydrogens (tertiary/aromatic N) is 2. The first-order valence-corrected chi connectivity index (χ1v) is 8.90. The zero-order chi connectivity index (χ0) is 16.9. The second-order valence-electron chi connectivity index (χ2n) is 6.86. The molecule has 2 aliphatic heterocycles. The fourth-order valence-corrected chi connectivity index (χ4v) is 3.70. The van der Waals surface area contributed by atoms with Crippen LogP contribution in [0.3, 0.4) is 0 Å². The summed E-state index contributed by atoms with van der Waals surface area (Å²) in [5.41, 5.74) is 1.14. The van der Waals surface area contributed by atoms with Crippen molar-refractivity contribution in [1.82, 2.24) is 9.80 Å². The van der Waals surface area contributed by atoms with E-state index in [2.05, 4.69) is 4.90 Å². The summed E-state index contributed by atoms with van der Waals surface area (Å²) >= 11 is 0. The first-order valence-electron chi connectivity index (χ1n) is 8.90. The Labute approximate surface area is 144 Å². The SMILES string of the molecule is COC1CCN(C2CCN(C(=O)COc3cccc(C)c3)CC2)C1. The fourth-order valence-electron chi connectivity index (χ4n) is 3.70. The van der Waals surface area contributed by atoms with Crippen LogP contribution in [0.5, 0.6) is 5.75 Å². The lowest BCUT2D eigenvalue weighted by molar-refractivity contribution is -0.134. The lowest BCUT2D eigenvalue weighted by atomic mass is 10.0. The molecule has 1 aromatic carbocycles. The Morgan fingerprint density at radius 2 is 2.00 bits per heavy atom. The molecule has 0 aliphatic carbocycles. The Hall–Kier alpha value is -1.59. The predicted molar refractivity (Wildman–Crippen MR) is 93.3 cm³/mol. The predicted octanol–water partition coefficient (Wildman–Crippen LogP) is 2.09. The summed E-state index contributed by atoms with van der Waals surface area (Å²) in [5, 5.41) is 0. The van der Waals surface area contributed by atoms with Gasteiger partial charge in [-0.3, -0.25) is 9.69 Å². The van der Waals surface area contributed by atoms with Crippen molar-refractivity contribution in [2.45, 2.75) is 38.3 Å². The average molecular weight is 332 g/mol. The van der Waals surface area contributed by atoms with Crippen molar-refractivity contribution in [3.63, 3.8) is 0 Å². The van der Waals surface area contributed by atoms with Gasteiger partial charge in [-0.15, -0.1) is 0 Å². The van der Waals surface area contributed by atoms with Gasteiger partial charge < -0.3 is 14.4 Å². The molecule has 5 heteroatoms. The van der Waals surface area contributed by atoms with Gasteiger partial charge in [-0.05, 0) is 43.9 Å². The molecular weight excluding hydrogens is 304 g/mol. The number of piperidine rings is 1. The van der Waals surface area contributed by atoms with Crippen molar-refractivity contribution in [3.8, 4) is 5.75 Å². The molecule has 24 heavy (non-hydrogen) atoms. The zero-order valence-corrected chi connectivity index (χ0v) is 14.7. The molecule has 0 aromatic heterocycles. The van der Waals surface area contributed by atoms with Gasteiger partial charge in [0, 0.05) is 39.3 Å². The number of hydrogen-bond acceptors (Lipinski definition) is 4. The smallest absolute Gasteiger partial charge is 0.260 e. The normalized spacial score (nSPS) is 22.8. The Balaban J connectivity index is 1.42. The largest absolute Gasteiger partial charge is 0.484 e. The van der Waals surface area contributed by atoms with Gasteiger partial charge in [0.1, 0.15) is 5.75 Å². The molecular formula is C19H28N2O3. The second kappa shape index (κ2) is 7.99. The molecule has 0 saturated carbocycles. The number of rotatable bonds is 5. The minimum Gasteiger partial charge on any atom is -0.484 e. The number of carbonyl (C=O) groups excluding carboxylic acids is 1. The van der Waals surface area contributed by atoms with Crippen molar-refractivity contribution >= 4 is 5.91 Å². The first kappa shape index (κ1) is 17.2. The molecule has 1 amide bonds. The van der Waals surface area contributed by atoms with E-state index in [1.165, 1.54) is 0 Å². The highest BCUT2D eigenvalue weighted by Gasteiger charge is 2.31. The Morgan fingerprint density at radius 1 is 1.21 bits per heavy atom. The fraction of sp³-hybridized carbons (Fsp3) is 0.632. The van der Waals surface area contributed by atoms with E-state index in [1.54, 1.807) is 7.11 Å². The van der Waals surface area contributed by atoms with Crippen molar-refractivity contribution in [3.05, 3.63) is 29.8 Å². The minimum atomic E-state index is 0.0890. The molecule has 3 rings (SSSR count). The van der Waals surface area contributed by atoms with E-state index in [0.717, 1.165) is 56.8 Å². The highest BCUT2D eigenvalue weighted by molar-refractivity contribution is 5.77. The quantitative estimate of drug-likeness (QED) is 0.828. The average Bonchev–Trinajstić information content (AvgIpc) is 3.09. The molecule has 0 bridgehead atoms. The van der Waals surface area contributed by atoms with Crippen LogP contribution >= 0.6 is 0 Å². The van der Waals surface area contributed by atoms with E-state index in [0.29, 0.717) is 12.1 Å². The summed E-state index contributed by atoms with van der Waals surface area (Å²) in [6, 6.07) is 8.41. The molecule has 132 valence electrons. The van der Waals surface area contributed by atoms with Crippen LogP contribution < -0.4 is 4.74 Å². The molecule has 0 N–H and O–H groups in total. The van der Waals surface area contributed by atoms with Crippen LogP contribution in [0.1, 0.15) is 24.8 Å². The maximum Gasteiger partial charge on any atom is 0.260 e. The molecule has 2 aliphatic rings. The number of benzene rings is 1. The molecule has 2 fully saturated rings. The van der Waals surface area contributed by atoms with E-state index >= 15 is 0 Å². The Kier molecular flexibility index (Phi) is 5.74. The van der Waals surface area contributed by atoms with Gasteiger partial charge in [0.25, 0.3) is 5.91 Å². The number of carbonyl (C=O) groups is 1. The van der Waals surface area contributed by atoms with Crippen molar-refractivity contribution in [2.24, 2.45) is 0 Å². The molecule has 1 aromatic rings. The topological polar surface area (TPSA) is 42.0 Å². The molecule has 1 unspecified atom stereocenters. The van der Waals surface area contributed by atoms with Gasteiger partial charge in [0.15, 0.2) is 6.61 Å². The standard InChI is InChI=1S/C19H28N2O3/c1-15-4-3-5-17(12-15)24-14-19(22)20-9-6-16(7-10-20)21-11-8-18(13-21)23-2/h3-5,12,16,18H,6-11,13-14H2,1-2H3. The third-order valence-corrected chi connectivity index (χ3v) is 5.20. The zero-order valence-electron chi connectivity index (χ0n) is 14.7. The molecule has 0 spiro atoms. The summed E-state index contributed by atoms with van der Waals surface area (Å²) in [4.78, 5) is 16.8. The Bertz CT molecular complexity index is 555. The van der Waals surface area contributed by atoms with E-state index in [1.807, 2.05) is 36.1 Å². The molecule has 0 radical (unpaired) electrons. The number of hydrogen-bond donors (Lipinski definition) is 0. The van der Waals surface area contributed by atoms with Crippen LogP contribution in [0.2, 0.25) is 0 Å². The van der Waals surface area contributed by atoms with Crippen LogP contribution in [0.15, 0.2) is 24.3 Å². The number of aryl methyl sites for hydroxylation is 1. The van der Waals surface area contributed by atoms with Crippen LogP contribution in [0.4, 0.5) is 0 Å². The van der Waals surface area contributed by atoms with Crippen LogP contribution in [-0.2, 0) is 9.53 Å². The van der Waals surface area contributed by atoms with Crippen molar-refractivity contribution in [2.75, 3.05) is 39.9 Å². The third-order valence-electron chi connectivity index (χ3n) is 5.20. The summed E-state index contributed by atoms with van der Waals surface area (Å²) < 4.78 is 11.1. The number of methoxy groups -OCH3 is 1. The number of ether oxygens (including phenoxy) is 2. The van der Waals surface area contributed by atoms with Crippen molar-refractivity contribution in [1.29, 1.82) is 0 Å². The molecule has 5 nitrogen and oxygen atoms in total. The van der Waals surface area contributed by atoms with Gasteiger partial charge in [0.2, 0.25) is 0 Å². The first-order chi connectivity index (χ1) is 11.7. The van der Waals surface area contributed by atoms with Crippen LogP contribution in [-0.4, -0.2) is 67.7 Å². The monoisotopic (exact) mass is 332 g/mol. The highest BCUT2D eigenvalue weighted by Crippen LogP contribution is 2.22. The minimum absolute atomic E-state index is 0.0890. The number of amides is 1. The second-order valence-corrected chi connectivity index (χ2v) is 6.86. The van der Waals surface area contributed by atoms with Gasteiger partial charge in [0.05, 0.1) is 6.10 Å². The van der Waals surface area contributed by atoms with Gasteiger partial charge in [-0.25, -0.2) is 0 Å². The summed E-state index contributed by atoms with van der Waals surface area (Å²) in [7, 11) is 1.80. The van der Waals surface area contributed by atoms with Gasteiger partial charge in [-0.1, -0.05) is 12.1 Å². The third kappa shape index (κ3) is 4.28. The highest BCUT2D eigenvalue weighted by atomic mass is 16.5. The maximum absolute atomic E-state index is 12.4. The summed E-state index contributed by atoms with van der Waals surface area (Å²) in [6.45, 7) is 5.96. The summed E-state index contributed by atoms with van der Waals surface area (Å²) in [5.74, 6) is 0.854. The Morgan fingerprint density at radius 3 is 2.67 bits per heavy atom. The summed E-state index contributed by atoms with van der Waals surface area (Å²) in [6.07, 6.45) is 3.60. The van der Waals surface area contributed by atoms with E-state index < -0.39 is 0 Å². The van der Waals surface area contributed by atoms with E-state index in [-0.39, 0.29) is 12.5 Å². The molecule has 1 atom stereocenters. The molecule has 2 heterocycles. The maximum atomic E-state index is 12.4. The van der Waals surface area contributed by atoms with E-state index in [4.69, 9.17) is 9.47 Å². The van der Waals surface area contributed by atoms with Crippen molar-refractivity contribution < 1.29 is 14.3 Å². The van der Waals surface area contributed by atoms with Gasteiger partial charge in [-0.2, -0.15) is 0 Å². The van der Waals surface area contributed by atoms with Crippen LogP contribution in [0, 0.1) is 6.92 Å². The lowest BCUT2D eigenvalue weighted by Gasteiger charge is -2.36. The molecule has 2 saturated heterocycles. The number of likely N-dealkylation sites (tertiary alicyclic amines) is 2. The van der Waals surface area contributed by atoms with Gasteiger partial charge >= 0.3 is 0 Å². The van der Waals surface area contributed by atoms with E-state index in [9.17, 15) is 4.79 Å². The lowest BCUT2D eigenvalue weighted by Crippen LogP contribution is -2.47.